The average molecular weight is 312 g/mol. The fourth-order valence-electron chi connectivity index (χ4n) is 1.67. The lowest BCUT2D eigenvalue weighted by atomic mass is 10.3. The second-order valence-corrected chi connectivity index (χ2v) is 5.64. The number of rotatable bonds is 6. The lowest BCUT2D eigenvalue weighted by molar-refractivity contribution is -0.387. The summed E-state index contributed by atoms with van der Waals surface area (Å²) in [4.78, 5) is 9.90. The van der Waals surface area contributed by atoms with Crippen LogP contribution >= 0.6 is 0 Å². The van der Waals surface area contributed by atoms with Crippen molar-refractivity contribution in [2.75, 3.05) is 16.6 Å². The van der Waals surface area contributed by atoms with Gasteiger partial charge in [-0.05, 0) is 19.1 Å². The van der Waals surface area contributed by atoms with Crippen LogP contribution in [-0.2, 0) is 10.0 Å². The lowest BCUT2D eigenvalue weighted by Gasteiger charge is -2.08. The third-order valence-electron chi connectivity index (χ3n) is 2.51. The molecule has 0 unspecified atom stereocenters. The fraction of sp³-hybridized carbons (Fsp3) is 0.182. The van der Waals surface area contributed by atoms with Crippen molar-refractivity contribution in [1.82, 2.24) is 5.16 Å². The van der Waals surface area contributed by atoms with Crippen molar-refractivity contribution in [3.05, 3.63) is 40.8 Å². The number of nitrogens with zero attached hydrogens (tertiary/aromatic N) is 2. The predicted octanol–water partition coefficient (Wildman–Crippen LogP) is 1.82. The van der Waals surface area contributed by atoms with Crippen molar-refractivity contribution in [1.29, 1.82) is 0 Å². The number of hydrogen-bond acceptors (Lipinski definition) is 7. The van der Waals surface area contributed by atoms with Gasteiger partial charge in [0, 0.05) is 18.3 Å². The van der Waals surface area contributed by atoms with Gasteiger partial charge in [-0.3, -0.25) is 14.8 Å². The van der Waals surface area contributed by atoms with Crippen molar-refractivity contribution in [3.63, 3.8) is 0 Å². The van der Waals surface area contributed by atoms with Gasteiger partial charge in [0.2, 0.25) is 0 Å². The molecule has 0 aliphatic heterocycles. The van der Waals surface area contributed by atoms with Gasteiger partial charge >= 0.3 is 0 Å². The van der Waals surface area contributed by atoms with Crippen molar-refractivity contribution in [2.24, 2.45) is 0 Å². The number of sulfonamides is 1. The molecule has 1 aromatic carbocycles. The highest BCUT2D eigenvalue weighted by Gasteiger charge is 2.26. The van der Waals surface area contributed by atoms with Crippen LogP contribution in [0.4, 0.5) is 17.1 Å². The molecule has 112 valence electrons. The number of benzene rings is 1. The SMILES string of the molecule is CCNc1ccc(S(=O)(=O)Nc2cnoc2)c([N+](=O)[O-])c1. The maximum absolute atomic E-state index is 12.2. The third-order valence-corrected chi connectivity index (χ3v) is 3.94. The molecule has 2 aromatic rings. The summed E-state index contributed by atoms with van der Waals surface area (Å²) in [5.74, 6) is 0. The molecule has 0 saturated carbocycles. The monoisotopic (exact) mass is 312 g/mol. The summed E-state index contributed by atoms with van der Waals surface area (Å²) in [6.45, 7) is 2.38. The molecule has 0 spiro atoms. The van der Waals surface area contributed by atoms with Crippen molar-refractivity contribution < 1.29 is 17.9 Å². The Hall–Kier alpha value is -2.62. The van der Waals surface area contributed by atoms with Gasteiger partial charge in [-0.2, -0.15) is 0 Å². The number of nitro benzene ring substituents is 1. The first-order chi connectivity index (χ1) is 9.94. The van der Waals surface area contributed by atoms with Gasteiger partial charge < -0.3 is 9.84 Å². The van der Waals surface area contributed by atoms with E-state index in [1.807, 2.05) is 6.92 Å². The molecule has 10 heteroatoms. The molecule has 0 aliphatic carbocycles. The molecule has 21 heavy (non-hydrogen) atoms. The average Bonchev–Trinajstić information content (AvgIpc) is 2.91. The number of anilines is 2. The summed E-state index contributed by atoms with van der Waals surface area (Å²) in [5, 5.41) is 17.3. The van der Waals surface area contributed by atoms with Crippen LogP contribution in [0.1, 0.15) is 6.92 Å². The van der Waals surface area contributed by atoms with Crippen LogP contribution in [0, 0.1) is 10.1 Å². The Kier molecular flexibility index (Phi) is 4.08. The van der Waals surface area contributed by atoms with Gasteiger partial charge in [0.05, 0.1) is 11.1 Å². The topological polar surface area (TPSA) is 127 Å². The van der Waals surface area contributed by atoms with Gasteiger partial charge in [0.25, 0.3) is 15.7 Å². The van der Waals surface area contributed by atoms with Crippen LogP contribution in [0.15, 0.2) is 40.1 Å². The number of hydrogen-bond donors (Lipinski definition) is 2. The van der Waals surface area contributed by atoms with Gasteiger partial charge in [-0.15, -0.1) is 0 Å². The Morgan fingerprint density at radius 3 is 2.71 bits per heavy atom. The quantitative estimate of drug-likeness (QED) is 0.615. The molecule has 1 heterocycles. The molecule has 0 aliphatic rings. The van der Waals surface area contributed by atoms with E-state index < -0.39 is 25.5 Å². The highest BCUT2D eigenvalue weighted by molar-refractivity contribution is 7.92. The minimum absolute atomic E-state index is 0.0834. The zero-order chi connectivity index (χ0) is 15.5. The molecule has 0 fully saturated rings. The molecule has 2 rings (SSSR count). The summed E-state index contributed by atoms with van der Waals surface area (Å²) in [5.41, 5.74) is 0.0330. The van der Waals surface area contributed by atoms with Crippen LogP contribution in [0.2, 0.25) is 0 Å². The van der Waals surface area contributed by atoms with Crippen molar-refractivity contribution in [2.45, 2.75) is 11.8 Å². The number of aromatic nitrogens is 1. The predicted molar refractivity (Wildman–Crippen MR) is 74.6 cm³/mol. The molecule has 1 aromatic heterocycles. The van der Waals surface area contributed by atoms with Gasteiger partial charge in [-0.25, -0.2) is 8.42 Å². The Bertz CT molecular complexity index is 742. The maximum atomic E-state index is 12.2. The second kappa shape index (κ2) is 5.79. The van der Waals surface area contributed by atoms with Crippen molar-refractivity contribution in [3.8, 4) is 0 Å². The van der Waals surface area contributed by atoms with Gasteiger partial charge in [0.15, 0.2) is 4.90 Å². The molecule has 0 radical (unpaired) electrons. The van der Waals surface area contributed by atoms with Crippen LogP contribution in [0.3, 0.4) is 0 Å². The Morgan fingerprint density at radius 1 is 1.38 bits per heavy atom. The van der Waals surface area contributed by atoms with Crippen LogP contribution in [0.25, 0.3) is 0 Å². The summed E-state index contributed by atoms with van der Waals surface area (Å²) in [7, 11) is -4.11. The Balaban J connectivity index is 2.44. The van der Waals surface area contributed by atoms with E-state index in [1.165, 1.54) is 18.2 Å². The molecular formula is C11H12N4O5S. The standard InChI is InChI=1S/C11H12N4O5S/c1-2-12-8-3-4-11(10(5-8)15(16)17)21(18,19)14-9-6-13-20-7-9/h3-7,12,14H,2H2,1H3. The van der Waals surface area contributed by atoms with E-state index in [2.05, 4.69) is 19.7 Å². The summed E-state index contributed by atoms with van der Waals surface area (Å²) < 4.78 is 31.0. The minimum Gasteiger partial charge on any atom is -0.385 e. The van der Waals surface area contributed by atoms with E-state index >= 15 is 0 Å². The second-order valence-electron chi connectivity index (χ2n) is 3.99. The summed E-state index contributed by atoms with van der Waals surface area (Å²) in [6.07, 6.45) is 2.23. The lowest BCUT2D eigenvalue weighted by Crippen LogP contribution is -2.14. The normalized spacial score (nSPS) is 11.1. The van der Waals surface area contributed by atoms with E-state index in [0.717, 1.165) is 12.5 Å². The van der Waals surface area contributed by atoms with Crippen LogP contribution < -0.4 is 10.0 Å². The van der Waals surface area contributed by atoms with Crippen molar-refractivity contribution >= 4 is 27.1 Å². The molecule has 2 N–H and O–H groups in total. The largest absolute Gasteiger partial charge is 0.385 e. The van der Waals surface area contributed by atoms with E-state index in [-0.39, 0.29) is 5.69 Å². The highest BCUT2D eigenvalue weighted by Crippen LogP contribution is 2.28. The van der Waals surface area contributed by atoms with E-state index in [4.69, 9.17) is 0 Å². The Labute approximate surface area is 120 Å². The van der Waals surface area contributed by atoms with Gasteiger partial charge in [0.1, 0.15) is 12.0 Å². The first kappa shape index (κ1) is 14.8. The van der Waals surface area contributed by atoms with Gasteiger partial charge in [-0.1, -0.05) is 5.16 Å². The molecule has 0 saturated heterocycles. The van der Waals surface area contributed by atoms with E-state index in [9.17, 15) is 18.5 Å². The highest BCUT2D eigenvalue weighted by atomic mass is 32.2. The van der Waals surface area contributed by atoms with E-state index in [1.54, 1.807) is 0 Å². The van der Waals surface area contributed by atoms with E-state index in [0.29, 0.717) is 12.2 Å². The molecular weight excluding hydrogens is 300 g/mol. The maximum Gasteiger partial charge on any atom is 0.291 e. The molecule has 0 amide bonds. The Morgan fingerprint density at radius 2 is 2.14 bits per heavy atom. The van der Waals surface area contributed by atoms with Crippen LogP contribution in [-0.4, -0.2) is 25.0 Å². The fourth-order valence-corrected chi connectivity index (χ4v) is 2.84. The summed E-state index contributed by atoms with van der Waals surface area (Å²) >= 11 is 0. The third kappa shape index (κ3) is 3.28. The molecule has 0 bridgehead atoms. The minimum atomic E-state index is -4.11. The smallest absolute Gasteiger partial charge is 0.291 e. The molecule has 9 nitrogen and oxygen atoms in total. The zero-order valence-corrected chi connectivity index (χ0v) is 11.8. The summed E-state index contributed by atoms with van der Waals surface area (Å²) in [6, 6.07) is 3.80. The number of nitrogens with one attached hydrogen (secondary N) is 2. The molecule has 0 atom stereocenters. The first-order valence-electron chi connectivity index (χ1n) is 5.88. The zero-order valence-electron chi connectivity index (χ0n) is 10.9. The van der Waals surface area contributed by atoms with Crippen LogP contribution in [0.5, 0.6) is 0 Å². The number of nitro groups is 1. The first-order valence-corrected chi connectivity index (χ1v) is 7.37.